The van der Waals surface area contributed by atoms with E-state index in [1.165, 1.54) is 0 Å². The van der Waals surface area contributed by atoms with E-state index in [4.69, 9.17) is 21.1 Å². The summed E-state index contributed by atoms with van der Waals surface area (Å²) in [5.41, 5.74) is 1.92. The van der Waals surface area contributed by atoms with Gasteiger partial charge in [0.1, 0.15) is 5.69 Å². The quantitative estimate of drug-likeness (QED) is 0.585. The number of esters is 2. The first-order valence-corrected chi connectivity index (χ1v) is 9.94. The fraction of sp³-hybridized carbons (Fsp3) is 0.381. The smallest absolute Gasteiger partial charge is 0.355 e. The van der Waals surface area contributed by atoms with Gasteiger partial charge in [0.2, 0.25) is 5.91 Å². The van der Waals surface area contributed by atoms with E-state index in [-0.39, 0.29) is 43.5 Å². The minimum absolute atomic E-state index is 0.0420. The second kappa shape index (κ2) is 10.8. The fourth-order valence-electron chi connectivity index (χ4n) is 2.99. The minimum atomic E-state index is -0.550. The van der Waals surface area contributed by atoms with E-state index in [9.17, 15) is 14.4 Å². The molecule has 0 saturated heterocycles. The van der Waals surface area contributed by atoms with Crippen LogP contribution in [0.1, 0.15) is 46.0 Å². The van der Waals surface area contributed by atoms with Crippen LogP contribution in [-0.4, -0.2) is 54.5 Å². The first-order valence-electron chi connectivity index (χ1n) is 9.57. The maximum atomic E-state index is 12.5. The third-order valence-electron chi connectivity index (χ3n) is 4.28. The van der Waals surface area contributed by atoms with Gasteiger partial charge in [0.15, 0.2) is 0 Å². The third-order valence-corrected chi connectivity index (χ3v) is 4.61. The number of aromatic amines is 1. The number of nitrogens with zero attached hydrogens (tertiary/aromatic N) is 1. The molecule has 0 spiro atoms. The normalized spacial score (nSPS) is 10.7. The van der Waals surface area contributed by atoms with Crippen LogP contribution in [-0.2, 0) is 20.8 Å². The average molecular weight is 436 g/mol. The number of aromatic nitrogens is 1. The number of para-hydroxylation sites is 1. The molecule has 2 aromatic rings. The third kappa shape index (κ3) is 5.84. The SMILES string of the molecule is CCOC(=O)c1[nH]c(CN(C)CC(=O)Nc2ccccc2Cl)c(C(=O)OCC)c1C. The molecule has 162 valence electrons. The Hall–Kier alpha value is -2.84. The second-order valence-electron chi connectivity index (χ2n) is 6.62. The molecule has 1 aromatic carbocycles. The zero-order chi connectivity index (χ0) is 22.3. The molecule has 0 aliphatic carbocycles. The van der Waals surface area contributed by atoms with E-state index >= 15 is 0 Å². The Bertz CT molecular complexity index is 925. The lowest BCUT2D eigenvalue weighted by atomic mass is 10.1. The number of benzene rings is 1. The number of carbonyl (C=O) groups is 3. The van der Waals surface area contributed by atoms with Crippen molar-refractivity contribution in [2.24, 2.45) is 0 Å². The largest absolute Gasteiger partial charge is 0.462 e. The zero-order valence-corrected chi connectivity index (χ0v) is 18.3. The van der Waals surface area contributed by atoms with Crippen LogP contribution in [0.4, 0.5) is 5.69 Å². The van der Waals surface area contributed by atoms with Gasteiger partial charge in [-0.2, -0.15) is 0 Å². The highest BCUT2D eigenvalue weighted by atomic mass is 35.5. The van der Waals surface area contributed by atoms with Crippen molar-refractivity contribution in [3.8, 4) is 0 Å². The van der Waals surface area contributed by atoms with Gasteiger partial charge in [-0.1, -0.05) is 23.7 Å². The molecule has 0 unspecified atom stereocenters. The monoisotopic (exact) mass is 435 g/mol. The Balaban J connectivity index is 2.17. The highest BCUT2D eigenvalue weighted by Crippen LogP contribution is 2.23. The average Bonchev–Trinajstić information content (AvgIpc) is 2.99. The molecule has 0 bridgehead atoms. The molecule has 2 rings (SSSR count). The molecule has 0 aliphatic heterocycles. The summed E-state index contributed by atoms with van der Waals surface area (Å²) in [7, 11) is 1.72. The van der Waals surface area contributed by atoms with Gasteiger partial charge in [-0.3, -0.25) is 9.69 Å². The molecule has 9 heteroatoms. The minimum Gasteiger partial charge on any atom is -0.462 e. The van der Waals surface area contributed by atoms with Crippen molar-refractivity contribution >= 4 is 35.1 Å². The molecular weight excluding hydrogens is 410 g/mol. The fourth-order valence-corrected chi connectivity index (χ4v) is 3.17. The molecule has 0 atom stereocenters. The highest BCUT2D eigenvalue weighted by molar-refractivity contribution is 6.33. The van der Waals surface area contributed by atoms with Crippen molar-refractivity contribution < 1.29 is 23.9 Å². The Morgan fingerprint density at radius 2 is 1.73 bits per heavy atom. The summed E-state index contributed by atoms with van der Waals surface area (Å²) in [5, 5.41) is 3.19. The number of ether oxygens (including phenoxy) is 2. The number of hydrogen-bond donors (Lipinski definition) is 2. The van der Waals surface area contributed by atoms with Crippen LogP contribution in [0.25, 0.3) is 0 Å². The summed E-state index contributed by atoms with van der Waals surface area (Å²) in [5.74, 6) is -1.35. The Morgan fingerprint density at radius 3 is 2.37 bits per heavy atom. The van der Waals surface area contributed by atoms with Gasteiger partial charge in [-0.25, -0.2) is 9.59 Å². The van der Waals surface area contributed by atoms with Gasteiger partial charge in [0, 0.05) is 12.2 Å². The number of rotatable bonds is 9. The molecule has 0 saturated carbocycles. The number of hydrogen-bond acceptors (Lipinski definition) is 6. The van der Waals surface area contributed by atoms with Gasteiger partial charge >= 0.3 is 11.9 Å². The summed E-state index contributed by atoms with van der Waals surface area (Å²) < 4.78 is 10.2. The van der Waals surface area contributed by atoms with E-state index in [0.29, 0.717) is 22.0 Å². The molecule has 2 N–H and O–H groups in total. The van der Waals surface area contributed by atoms with Gasteiger partial charge in [-0.05, 0) is 45.5 Å². The number of amides is 1. The zero-order valence-electron chi connectivity index (χ0n) is 17.5. The molecule has 0 radical (unpaired) electrons. The van der Waals surface area contributed by atoms with Crippen molar-refractivity contribution in [1.82, 2.24) is 9.88 Å². The molecular formula is C21H26ClN3O5. The van der Waals surface area contributed by atoms with Crippen molar-refractivity contribution in [2.75, 3.05) is 32.1 Å². The van der Waals surface area contributed by atoms with E-state index in [2.05, 4.69) is 10.3 Å². The Morgan fingerprint density at radius 1 is 1.10 bits per heavy atom. The van der Waals surface area contributed by atoms with E-state index in [1.54, 1.807) is 57.0 Å². The number of nitrogens with one attached hydrogen (secondary N) is 2. The lowest BCUT2D eigenvalue weighted by molar-refractivity contribution is -0.117. The number of H-pyrrole nitrogens is 1. The molecule has 1 aromatic heterocycles. The van der Waals surface area contributed by atoms with Crippen LogP contribution in [0.3, 0.4) is 0 Å². The summed E-state index contributed by atoms with van der Waals surface area (Å²) in [6, 6.07) is 6.94. The predicted octanol–water partition coefficient (Wildman–Crippen LogP) is 3.40. The van der Waals surface area contributed by atoms with Crippen molar-refractivity contribution in [2.45, 2.75) is 27.3 Å². The Labute approximate surface area is 180 Å². The molecule has 1 amide bonds. The maximum absolute atomic E-state index is 12.5. The van der Waals surface area contributed by atoms with Gasteiger partial charge in [0.05, 0.1) is 36.0 Å². The van der Waals surface area contributed by atoms with Gasteiger partial charge in [0.25, 0.3) is 0 Å². The van der Waals surface area contributed by atoms with Crippen LogP contribution >= 0.6 is 11.6 Å². The van der Waals surface area contributed by atoms with Crippen LogP contribution in [0.2, 0.25) is 5.02 Å². The molecule has 0 aliphatic rings. The molecule has 1 heterocycles. The maximum Gasteiger partial charge on any atom is 0.355 e. The van der Waals surface area contributed by atoms with Crippen LogP contribution in [0.15, 0.2) is 24.3 Å². The lowest BCUT2D eigenvalue weighted by Gasteiger charge is -2.17. The van der Waals surface area contributed by atoms with Crippen molar-refractivity contribution in [1.29, 1.82) is 0 Å². The Kier molecular flexibility index (Phi) is 8.44. The highest BCUT2D eigenvalue weighted by Gasteiger charge is 2.26. The number of halogens is 1. The van der Waals surface area contributed by atoms with Crippen molar-refractivity contribution in [3.05, 3.63) is 51.8 Å². The summed E-state index contributed by atoms with van der Waals surface area (Å²) in [4.78, 5) is 41.7. The second-order valence-corrected chi connectivity index (χ2v) is 7.03. The predicted molar refractivity (Wildman–Crippen MR) is 114 cm³/mol. The summed E-state index contributed by atoms with van der Waals surface area (Å²) in [6.45, 7) is 5.73. The number of carbonyl (C=O) groups excluding carboxylic acids is 3. The lowest BCUT2D eigenvalue weighted by Crippen LogP contribution is -2.30. The van der Waals surface area contributed by atoms with Crippen LogP contribution < -0.4 is 5.32 Å². The topological polar surface area (TPSA) is 101 Å². The molecule has 0 fully saturated rings. The first kappa shape index (κ1) is 23.4. The van der Waals surface area contributed by atoms with E-state index < -0.39 is 11.9 Å². The van der Waals surface area contributed by atoms with Gasteiger partial charge < -0.3 is 19.8 Å². The number of anilines is 1. The standard InChI is InChI=1S/C21H26ClN3O5/c1-5-29-20(27)18-13(3)19(21(28)30-6-2)24-16(18)11-25(4)12-17(26)23-15-10-8-7-9-14(15)22/h7-10,24H,5-6,11-12H2,1-4H3,(H,23,26). The number of likely N-dealkylation sites (N-methyl/N-ethyl adjacent to an activating group) is 1. The summed E-state index contributed by atoms with van der Waals surface area (Å²) in [6.07, 6.45) is 0. The van der Waals surface area contributed by atoms with Crippen LogP contribution in [0, 0.1) is 6.92 Å². The summed E-state index contributed by atoms with van der Waals surface area (Å²) >= 11 is 6.07. The van der Waals surface area contributed by atoms with E-state index in [0.717, 1.165) is 0 Å². The molecule has 8 nitrogen and oxygen atoms in total. The van der Waals surface area contributed by atoms with E-state index in [1.807, 2.05) is 0 Å². The van der Waals surface area contributed by atoms with Crippen molar-refractivity contribution in [3.63, 3.8) is 0 Å². The first-order chi connectivity index (χ1) is 14.3. The van der Waals surface area contributed by atoms with Gasteiger partial charge in [-0.15, -0.1) is 0 Å². The van der Waals surface area contributed by atoms with Crippen LogP contribution in [0.5, 0.6) is 0 Å². The molecule has 30 heavy (non-hydrogen) atoms.